The van der Waals surface area contributed by atoms with Crippen LogP contribution < -0.4 is 24.8 Å². The number of ether oxygens (including phenoxy) is 3. The minimum atomic E-state index is -3.95. The number of morpholine rings is 1. The SMILES string of the molecule is COc1ccc2c(OCCC3NC(=O)N(C)CCCC/C=C\C4C[C@@]4(C(=O)NS(=O)(=O)C4(C)CC4)NC3=O)cc(-c3ccn(CCN4CCOCC4)n3)nc2c1C. The van der Waals surface area contributed by atoms with Crippen LogP contribution in [-0.4, -0.2) is 127 Å². The average molecular weight is 807 g/mol. The van der Waals surface area contributed by atoms with E-state index in [2.05, 4.69) is 20.3 Å². The van der Waals surface area contributed by atoms with Gasteiger partial charge in [-0.15, -0.1) is 0 Å². The van der Waals surface area contributed by atoms with Gasteiger partial charge in [0.2, 0.25) is 15.9 Å². The summed E-state index contributed by atoms with van der Waals surface area (Å²) >= 11 is 0. The van der Waals surface area contributed by atoms with Gasteiger partial charge in [-0.2, -0.15) is 5.10 Å². The van der Waals surface area contributed by atoms with Gasteiger partial charge in [0, 0.05) is 68.8 Å². The third-order valence-corrected chi connectivity index (χ3v) is 13.9. The fourth-order valence-corrected chi connectivity index (χ4v) is 8.71. The zero-order chi connectivity index (χ0) is 40.4. The Kier molecular flexibility index (Phi) is 11.8. The zero-order valence-electron chi connectivity index (χ0n) is 33.2. The highest BCUT2D eigenvalue weighted by Crippen LogP contribution is 2.47. The number of sulfonamides is 1. The van der Waals surface area contributed by atoms with Gasteiger partial charge in [-0.05, 0) is 70.6 Å². The summed E-state index contributed by atoms with van der Waals surface area (Å²) in [6.45, 7) is 8.84. The fraction of sp³-hybridized carbons (Fsp3) is 0.575. The number of nitrogens with one attached hydrogen (secondary N) is 3. The second-order valence-corrected chi connectivity index (χ2v) is 18.0. The van der Waals surface area contributed by atoms with Crippen molar-refractivity contribution in [3.63, 3.8) is 0 Å². The van der Waals surface area contributed by atoms with E-state index in [0.29, 0.717) is 54.3 Å². The number of hydrogen-bond donors (Lipinski definition) is 3. The molecule has 0 radical (unpaired) electrons. The topological polar surface area (TPSA) is 186 Å². The number of benzene rings is 1. The average Bonchev–Trinajstić information content (AvgIpc) is 4.07. The first kappa shape index (κ1) is 40.5. The monoisotopic (exact) mass is 806 g/mol. The molecule has 3 fully saturated rings. The fourth-order valence-electron chi connectivity index (χ4n) is 7.40. The van der Waals surface area contributed by atoms with E-state index in [1.165, 1.54) is 4.90 Å². The summed E-state index contributed by atoms with van der Waals surface area (Å²) in [5, 5.41) is 11.3. The maximum Gasteiger partial charge on any atom is 0.317 e. The molecular weight excluding hydrogens is 753 g/mol. The maximum absolute atomic E-state index is 14.1. The van der Waals surface area contributed by atoms with Crippen LogP contribution in [0.5, 0.6) is 11.5 Å². The standard InChI is InChI=1S/C40H54N8O8S/c1-27-33(54-4)11-10-29-34(25-32(41-35(27)29)30-12-17-48(44-30)19-18-47-20-23-55-24-21-47)56-22-13-31-36(49)43-40(37(50)45-57(52,53)39(2)14-15-39)26-28(40)9-7-5-6-8-16-46(3)38(51)42-31/h7,9-12,17,25,28,31H,5-6,8,13-16,18-24,26H2,1-4H3,(H,42,51)(H,43,49)(H,45,50)/b9-7-/t28?,31?,40-/m1/s1. The Bertz CT molecular complexity index is 2130. The van der Waals surface area contributed by atoms with Gasteiger partial charge in [0.05, 0.1) is 49.4 Å². The molecule has 16 nitrogen and oxygen atoms in total. The number of amides is 4. The number of pyridine rings is 1. The van der Waals surface area contributed by atoms with Crippen molar-refractivity contribution in [3.8, 4) is 22.9 Å². The number of hydrogen-bond acceptors (Lipinski definition) is 11. The highest BCUT2D eigenvalue weighted by molar-refractivity contribution is 7.91. The molecule has 7 rings (SSSR count). The van der Waals surface area contributed by atoms with Crippen molar-refractivity contribution < 1.29 is 37.0 Å². The van der Waals surface area contributed by atoms with Crippen LogP contribution in [0.4, 0.5) is 4.79 Å². The van der Waals surface area contributed by atoms with Crippen LogP contribution >= 0.6 is 0 Å². The van der Waals surface area contributed by atoms with Crippen molar-refractivity contribution in [2.75, 3.05) is 60.2 Å². The first-order chi connectivity index (χ1) is 27.3. The molecule has 1 aromatic carbocycles. The first-order valence-corrected chi connectivity index (χ1v) is 21.3. The highest BCUT2D eigenvalue weighted by atomic mass is 32.2. The summed E-state index contributed by atoms with van der Waals surface area (Å²) in [4.78, 5) is 50.1. The molecule has 3 aromatic rings. The Labute approximate surface area is 333 Å². The Morgan fingerprint density at radius 3 is 2.61 bits per heavy atom. The Morgan fingerprint density at radius 2 is 1.86 bits per heavy atom. The summed E-state index contributed by atoms with van der Waals surface area (Å²) < 4.78 is 46.8. The number of nitrogens with zero attached hydrogens (tertiary/aromatic N) is 5. The Hall–Kier alpha value is -4.74. The van der Waals surface area contributed by atoms with Gasteiger partial charge >= 0.3 is 6.03 Å². The van der Waals surface area contributed by atoms with Gasteiger partial charge < -0.3 is 29.7 Å². The lowest BCUT2D eigenvalue weighted by atomic mass is 10.1. The van der Waals surface area contributed by atoms with Crippen molar-refractivity contribution in [1.29, 1.82) is 0 Å². The van der Waals surface area contributed by atoms with Crippen molar-refractivity contribution in [2.24, 2.45) is 5.92 Å². The van der Waals surface area contributed by atoms with Gasteiger partial charge in [0.25, 0.3) is 5.91 Å². The van der Waals surface area contributed by atoms with Crippen molar-refractivity contribution in [1.82, 2.24) is 39.9 Å². The molecule has 17 heteroatoms. The predicted octanol–water partition coefficient (Wildman–Crippen LogP) is 3.14. The van der Waals surface area contributed by atoms with E-state index >= 15 is 0 Å². The molecule has 3 atom stereocenters. The van der Waals surface area contributed by atoms with Gasteiger partial charge in [0.15, 0.2) is 0 Å². The molecule has 0 bridgehead atoms. The van der Waals surface area contributed by atoms with Crippen LogP contribution in [0.1, 0.15) is 57.4 Å². The van der Waals surface area contributed by atoms with E-state index < -0.39 is 50.1 Å². The third kappa shape index (κ3) is 8.89. The minimum absolute atomic E-state index is 0.00889. The summed E-state index contributed by atoms with van der Waals surface area (Å²) in [5.74, 6) is -0.596. The smallest absolute Gasteiger partial charge is 0.317 e. The molecule has 2 aliphatic carbocycles. The molecule has 2 aromatic heterocycles. The van der Waals surface area contributed by atoms with E-state index in [4.69, 9.17) is 24.3 Å². The number of aromatic nitrogens is 3. The number of allylic oxidation sites excluding steroid dienone is 1. The molecule has 4 aliphatic rings. The number of aryl methyl sites for hydroxylation is 1. The molecule has 0 spiro atoms. The van der Waals surface area contributed by atoms with Crippen LogP contribution in [0.15, 0.2) is 42.6 Å². The van der Waals surface area contributed by atoms with Crippen LogP contribution in [0.2, 0.25) is 0 Å². The number of rotatable bonds is 12. The van der Waals surface area contributed by atoms with E-state index in [0.717, 1.165) is 63.1 Å². The molecule has 4 amide bonds. The molecule has 4 heterocycles. The number of carbonyl (C=O) groups excluding carboxylic acids is 3. The maximum atomic E-state index is 14.1. The molecule has 308 valence electrons. The van der Waals surface area contributed by atoms with Gasteiger partial charge in [-0.3, -0.25) is 23.9 Å². The van der Waals surface area contributed by atoms with Crippen LogP contribution in [-0.2, 0) is 30.9 Å². The highest BCUT2D eigenvalue weighted by Gasteiger charge is 2.62. The molecule has 2 unspecified atom stereocenters. The molecule has 1 saturated heterocycles. The lowest BCUT2D eigenvalue weighted by Gasteiger charge is -2.26. The normalized spacial score (nSPS) is 24.7. The van der Waals surface area contributed by atoms with Gasteiger partial charge in [-0.25, -0.2) is 18.2 Å². The molecule has 2 aliphatic heterocycles. The van der Waals surface area contributed by atoms with Gasteiger partial charge in [0.1, 0.15) is 28.8 Å². The molecular formula is C40H54N8O8S. The summed E-state index contributed by atoms with van der Waals surface area (Å²) in [6, 6.07) is 5.92. The summed E-state index contributed by atoms with van der Waals surface area (Å²) in [5.41, 5.74) is 1.29. The predicted molar refractivity (Wildman–Crippen MR) is 213 cm³/mol. The van der Waals surface area contributed by atoms with E-state index in [1.807, 2.05) is 54.2 Å². The lowest BCUT2D eigenvalue weighted by molar-refractivity contribution is -0.130. The number of methoxy groups -OCH3 is 1. The van der Waals surface area contributed by atoms with Crippen molar-refractivity contribution in [3.05, 3.63) is 48.2 Å². The number of urea groups is 1. The number of fused-ring (bicyclic) bond motifs is 2. The van der Waals surface area contributed by atoms with Crippen LogP contribution in [0.3, 0.4) is 0 Å². The van der Waals surface area contributed by atoms with E-state index in [-0.39, 0.29) is 19.4 Å². The third-order valence-electron chi connectivity index (χ3n) is 11.7. The largest absolute Gasteiger partial charge is 0.496 e. The van der Waals surface area contributed by atoms with Crippen LogP contribution in [0.25, 0.3) is 22.3 Å². The number of carbonyl (C=O) groups is 3. The Morgan fingerprint density at radius 1 is 1.07 bits per heavy atom. The summed E-state index contributed by atoms with van der Waals surface area (Å²) in [6.07, 6.45) is 9.26. The van der Waals surface area contributed by atoms with E-state index in [9.17, 15) is 22.8 Å². The zero-order valence-corrected chi connectivity index (χ0v) is 34.0. The minimum Gasteiger partial charge on any atom is -0.496 e. The second-order valence-electron chi connectivity index (χ2n) is 15.9. The van der Waals surface area contributed by atoms with Crippen molar-refractivity contribution in [2.45, 2.75) is 81.7 Å². The van der Waals surface area contributed by atoms with Gasteiger partial charge in [-0.1, -0.05) is 12.2 Å². The van der Waals surface area contributed by atoms with Crippen molar-refractivity contribution >= 4 is 38.8 Å². The first-order valence-electron chi connectivity index (χ1n) is 19.8. The van der Waals surface area contributed by atoms with E-state index in [1.54, 1.807) is 21.1 Å². The quantitative estimate of drug-likeness (QED) is 0.229. The molecule has 2 saturated carbocycles. The lowest BCUT2D eigenvalue weighted by Crippen LogP contribution is -2.58. The summed E-state index contributed by atoms with van der Waals surface area (Å²) in [7, 11) is -0.676. The molecule has 3 N–H and O–H groups in total. The Balaban J connectivity index is 1.12. The van der Waals surface area contributed by atoms with Crippen LogP contribution in [0, 0.1) is 12.8 Å². The second kappa shape index (κ2) is 16.6. The molecule has 57 heavy (non-hydrogen) atoms.